The summed E-state index contributed by atoms with van der Waals surface area (Å²) in [7, 11) is 3.34. The predicted octanol–water partition coefficient (Wildman–Crippen LogP) is -0.750. The fourth-order valence-corrected chi connectivity index (χ4v) is 0.828. The van der Waals surface area contributed by atoms with Gasteiger partial charge in [-0.25, -0.2) is 0 Å². The first-order valence-electron chi connectivity index (χ1n) is 2.76. The van der Waals surface area contributed by atoms with E-state index in [4.69, 9.17) is 0 Å². The highest BCUT2D eigenvalue weighted by Gasteiger charge is 2.10. The molecule has 54 valence electrons. The van der Waals surface area contributed by atoms with Gasteiger partial charge in [-0.2, -0.15) is 12.6 Å². The molecule has 0 saturated heterocycles. The highest BCUT2D eigenvalue weighted by Crippen LogP contribution is 1.84. The molecule has 0 aromatic carbocycles. The monoisotopic (exact) mass is 148 g/mol. The van der Waals surface area contributed by atoms with Crippen molar-refractivity contribution in [1.82, 2.24) is 10.6 Å². The van der Waals surface area contributed by atoms with Gasteiger partial charge >= 0.3 is 0 Å². The number of hydrogen-bond donors (Lipinski definition) is 3. The van der Waals surface area contributed by atoms with E-state index in [1.807, 2.05) is 0 Å². The van der Waals surface area contributed by atoms with E-state index >= 15 is 0 Å². The van der Waals surface area contributed by atoms with E-state index < -0.39 is 0 Å². The molecule has 0 heterocycles. The molecule has 0 radical (unpaired) electrons. The minimum atomic E-state index is -0.168. The summed E-state index contributed by atoms with van der Waals surface area (Å²) in [6.45, 7) is 0. The van der Waals surface area contributed by atoms with Gasteiger partial charge in [0.1, 0.15) is 0 Å². The van der Waals surface area contributed by atoms with Gasteiger partial charge < -0.3 is 10.6 Å². The second-order valence-corrected chi connectivity index (χ2v) is 2.00. The van der Waals surface area contributed by atoms with Crippen molar-refractivity contribution in [2.75, 3.05) is 19.8 Å². The summed E-state index contributed by atoms with van der Waals surface area (Å²) in [5.41, 5.74) is 0. The number of carbonyl (C=O) groups is 1. The van der Waals surface area contributed by atoms with Crippen molar-refractivity contribution in [3.63, 3.8) is 0 Å². The van der Waals surface area contributed by atoms with Crippen molar-refractivity contribution in [2.24, 2.45) is 0 Å². The molecule has 0 bridgehead atoms. The summed E-state index contributed by atoms with van der Waals surface area (Å²) in [6, 6.07) is -0.168. The molecule has 0 aliphatic rings. The van der Waals surface area contributed by atoms with Crippen LogP contribution < -0.4 is 10.6 Å². The molecule has 0 saturated carbocycles. The molecule has 0 spiro atoms. The minimum absolute atomic E-state index is 0.0208. The summed E-state index contributed by atoms with van der Waals surface area (Å²) in [5, 5.41) is 5.33. The molecule has 0 aliphatic heterocycles. The van der Waals surface area contributed by atoms with Crippen molar-refractivity contribution in [2.45, 2.75) is 6.04 Å². The van der Waals surface area contributed by atoms with Gasteiger partial charge in [-0.15, -0.1) is 0 Å². The van der Waals surface area contributed by atoms with E-state index in [1.165, 1.54) is 0 Å². The van der Waals surface area contributed by atoms with Gasteiger partial charge in [0.2, 0.25) is 5.91 Å². The van der Waals surface area contributed by atoms with Crippen LogP contribution in [0.5, 0.6) is 0 Å². The molecular formula is C5H12N2OS. The lowest BCUT2D eigenvalue weighted by atomic mass is 10.3. The summed E-state index contributed by atoms with van der Waals surface area (Å²) >= 11 is 3.97. The molecule has 3 nitrogen and oxygen atoms in total. The zero-order valence-electron chi connectivity index (χ0n) is 5.64. The third-order valence-electron chi connectivity index (χ3n) is 1.09. The maximum absolute atomic E-state index is 10.8. The van der Waals surface area contributed by atoms with Crippen molar-refractivity contribution in [3.8, 4) is 0 Å². The van der Waals surface area contributed by atoms with Crippen LogP contribution in [0, 0.1) is 0 Å². The fourth-order valence-electron chi connectivity index (χ4n) is 0.480. The Balaban J connectivity index is 3.64. The molecule has 9 heavy (non-hydrogen) atoms. The third kappa shape index (κ3) is 2.72. The molecule has 1 amide bonds. The number of carbonyl (C=O) groups excluding carboxylic acids is 1. The molecule has 0 fully saturated rings. The smallest absolute Gasteiger partial charge is 0.237 e. The lowest BCUT2D eigenvalue weighted by molar-refractivity contribution is -0.121. The topological polar surface area (TPSA) is 41.1 Å². The predicted molar refractivity (Wildman–Crippen MR) is 40.8 cm³/mol. The number of rotatable bonds is 3. The zero-order chi connectivity index (χ0) is 7.28. The molecule has 0 aromatic heterocycles. The maximum atomic E-state index is 10.8. The average Bonchev–Trinajstić information content (AvgIpc) is 1.90. The molecule has 4 heteroatoms. The van der Waals surface area contributed by atoms with Crippen molar-refractivity contribution in [3.05, 3.63) is 0 Å². The van der Waals surface area contributed by atoms with E-state index in [1.54, 1.807) is 14.1 Å². The molecular weight excluding hydrogens is 136 g/mol. The lowest BCUT2D eigenvalue weighted by Gasteiger charge is -2.09. The largest absolute Gasteiger partial charge is 0.358 e. The number of amides is 1. The van der Waals surface area contributed by atoms with Crippen LogP contribution in [0.15, 0.2) is 0 Å². The first-order chi connectivity index (χ1) is 4.26. The molecule has 0 rings (SSSR count). The van der Waals surface area contributed by atoms with Crippen molar-refractivity contribution >= 4 is 18.5 Å². The van der Waals surface area contributed by atoms with Gasteiger partial charge in [0.05, 0.1) is 6.04 Å². The zero-order valence-corrected chi connectivity index (χ0v) is 6.53. The Bertz CT molecular complexity index is 93.0. The highest BCUT2D eigenvalue weighted by molar-refractivity contribution is 7.80. The van der Waals surface area contributed by atoms with E-state index in [-0.39, 0.29) is 11.9 Å². The Labute approximate surface area is 60.6 Å². The van der Waals surface area contributed by atoms with E-state index in [0.717, 1.165) is 0 Å². The van der Waals surface area contributed by atoms with Crippen LogP contribution in [-0.2, 0) is 4.79 Å². The first kappa shape index (κ1) is 8.78. The van der Waals surface area contributed by atoms with Crippen LogP contribution in [0.4, 0.5) is 0 Å². The molecule has 0 unspecified atom stereocenters. The Morgan fingerprint density at radius 2 is 2.22 bits per heavy atom. The van der Waals surface area contributed by atoms with Crippen LogP contribution in [0.1, 0.15) is 0 Å². The van der Waals surface area contributed by atoms with Gasteiger partial charge in [-0.05, 0) is 7.05 Å². The lowest BCUT2D eigenvalue weighted by Crippen LogP contribution is -2.42. The summed E-state index contributed by atoms with van der Waals surface area (Å²) in [6.07, 6.45) is 0. The quantitative estimate of drug-likeness (QED) is 0.461. The summed E-state index contributed by atoms with van der Waals surface area (Å²) in [4.78, 5) is 10.8. The fraction of sp³-hybridized carbons (Fsp3) is 0.800. The number of nitrogens with one attached hydrogen (secondary N) is 2. The minimum Gasteiger partial charge on any atom is -0.358 e. The second-order valence-electron chi connectivity index (χ2n) is 1.64. The molecule has 2 N–H and O–H groups in total. The van der Waals surface area contributed by atoms with E-state index in [2.05, 4.69) is 23.3 Å². The van der Waals surface area contributed by atoms with Crippen LogP contribution in [0.3, 0.4) is 0 Å². The maximum Gasteiger partial charge on any atom is 0.237 e. The van der Waals surface area contributed by atoms with Gasteiger partial charge in [0.25, 0.3) is 0 Å². The molecule has 0 aliphatic carbocycles. The van der Waals surface area contributed by atoms with Crippen molar-refractivity contribution < 1.29 is 4.79 Å². The summed E-state index contributed by atoms with van der Waals surface area (Å²) in [5.74, 6) is 0.503. The van der Waals surface area contributed by atoms with Crippen LogP contribution in [0.25, 0.3) is 0 Å². The Morgan fingerprint density at radius 3 is 2.33 bits per heavy atom. The van der Waals surface area contributed by atoms with Gasteiger partial charge in [-0.3, -0.25) is 4.79 Å². The standard InChI is InChI=1S/C5H12N2OS/c1-6-4(3-9)5(8)7-2/h4,6,9H,3H2,1-2H3,(H,7,8)/t4-/m0/s1. The van der Waals surface area contributed by atoms with E-state index in [0.29, 0.717) is 5.75 Å². The first-order valence-corrected chi connectivity index (χ1v) is 3.39. The number of hydrogen-bond acceptors (Lipinski definition) is 3. The summed E-state index contributed by atoms with van der Waals surface area (Å²) < 4.78 is 0. The average molecular weight is 148 g/mol. The number of thiol groups is 1. The van der Waals surface area contributed by atoms with Crippen LogP contribution in [-0.4, -0.2) is 31.8 Å². The normalized spacial score (nSPS) is 12.8. The highest BCUT2D eigenvalue weighted by atomic mass is 32.1. The van der Waals surface area contributed by atoms with Gasteiger partial charge in [0.15, 0.2) is 0 Å². The Hall–Kier alpha value is -0.220. The van der Waals surface area contributed by atoms with Crippen LogP contribution >= 0.6 is 12.6 Å². The SMILES string of the molecule is CNC(=O)[C@H](CS)NC. The van der Waals surface area contributed by atoms with Crippen LogP contribution in [0.2, 0.25) is 0 Å². The van der Waals surface area contributed by atoms with Crippen molar-refractivity contribution in [1.29, 1.82) is 0 Å². The van der Waals surface area contributed by atoms with E-state index in [9.17, 15) is 4.79 Å². The molecule has 0 aromatic rings. The molecule has 1 atom stereocenters. The Morgan fingerprint density at radius 1 is 1.67 bits per heavy atom. The Kier molecular flexibility index (Phi) is 4.53. The third-order valence-corrected chi connectivity index (χ3v) is 1.46. The number of likely N-dealkylation sites (N-methyl/N-ethyl adjacent to an activating group) is 2. The second kappa shape index (κ2) is 4.64. The van der Waals surface area contributed by atoms with Gasteiger partial charge in [0, 0.05) is 12.8 Å². The van der Waals surface area contributed by atoms with Gasteiger partial charge in [-0.1, -0.05) is 0 Å².